The summed E-state index contributed by atoms with van der Waals surface area (Å²) in [4.78, 5) is 11.3. The zero-order chi connectivity index (χ0) is 13.5. The van der Waals surface area contributed by atoms with E-state index in [9.17, 15) is 9.90 Å². The van der Waals surface area contributed by atoms with Gasteiger partial charge in [-0.3, -0.25) is 0 Å². The number of halogens is 1. The molecule has 0 amide bonds. The molecule has 18 heavy (non-hydrogen) atoms. The lowest BCUT2D eigenvalue weighted by Crippen LogP contribution is -2.23. The molecule has 0 saturated heterocycles. The predicted molar refractivity (Wildman–Crippen MR) is 70.4 cm³/mol. The average molecular weight is 271 g/mol. The zero-order valence-corrected chi connectivity index (χ0v) is 11.8. The van der Waals surface area contributed by atoms with Crippen molar-refractivity contribution in [2.24, 2.45) is 0 Å². The van der Waals surface area contributed by atoms with E-state index < -0.39 is 5.97 Å². The van der Waals surface area contributed by atoms with Crippen molar-refractivity contribution in [1.82, 2.24) is 9.78 Å². The molecule has 0 aliphatic heterocycles. The van der Waals surface area contributed by atoms with E-state index in [2.05, 4.69) is 5.10 Å². The van der Waals surface area contributed by atoms with Gasteiger partial charge in [0, 0.05) is 5.56 Å². The third kappa shape index (κ3) is 2.26. The summed E-state index contributed by atoms with van der Waals surface area (Å²) in [6.45, 7) is 5.90. The number of nitrogens with zero attached hydrogens (tertiary/aromatic N) is 2. The van der Waals surface area contributed by atoms with Crippen LogP contribution in [0.2, 0.25) is 5.15 Å². The molecule has 1 N–H and O–H groups in total. The molecule has 0 aromatic carbocycles. The summed E-state index contributed by atoms with van der Waals surface area (Å²) in [5.74, 6) is -0.735. The van der Waals surface area contributed by atoms with Crippen molar-refractivity contribution in [3.05, 3.63) is 16.4 Å². The van der Waals surface area contributed by atoms with Crippen LogP contribution in [0.3, 0.4) is 0 Å². The lowest BCUT2D eigenvalue weighted by molar-refractivity contribution is 0.0687. The van der Waals surface area contributed by atoms with Gasteiger partial charge in [-0.1, -0.05) is 24.4 Å². The first-order valence-corrected chi connectivity index (χ1v) is 6.72. The third-order valence-electron chi connectivity index (χ3n) is 3.46. The van der Waals surface area contributed by atoms with E-state index in [0.717, 1.165) is 31.2 Å². The second-order valence-corrected chi connectivity index (χ2v) is 6.28. The maximum absolute atomic E-state index is 11.3. The molecule has 0 spiro atoms. The largest absolute Gasteiger partial charge is 0.476 e. The van der Waals surface area contributed by atoms with Gasteiger partial charge < -0.3 is 5.11 Å². The summed E-state index contributed by atoms with van der Waals surface area (Å²) in [5, 5.41) is 14.0. The number of carboxylic acid groups (broad SMARTS) is 1. The highest BCUT2D eigenvalue weighted by atomic mass is 35.5. The lowest BCUT2D eigenvalue weighted by Gasteiger charge is -2.20. The molecule has 2 rings (SSSR count). The smallest absolute Gasteiger partial charge is 0.356 e. The number of hydrogen-bond donors (Lipinski definition) is 1. The number of aromatic nitrogens is 2. The van der Waals surface area contributed by atoms with Crippen LogP contribution in [0, 0.1) is 0 Å². The van der Waals surface area contributed by atoms with Crippen molar-refractivity contribution >= 4 is 17.6 Å². The Morgan fingerprint density at radius 3 is 2.39 bits per heavy atom. The molecule has 1 aliphatic carbocycles. The first kappa shape index (κ1) is 13.4. The van der Waals surface area contributed by atoms with Gasteiger partial charge in [-0.05, 0) is 39.5 Å². The first-order valence-electron chi connectivity index (χ1n) is 6.34. The summed E-state index contributed by atoms with van der Waals surface area (Å²) >= 11 is 6.38. The fraction of sp³-hybridized carbons (Fsp3) is 0.692. The lowest BCUT2D eigenvalue weighted by atomic mass is 9.98. The Morgan fingerprint density at radius 2 is 1.94 bits per heavy atom. The van der Waals surface area contributed by atoms with Gasteiger partial charge in [0.15, 0.2) is 5.69 Å². The molecule has 0 atom stereocenters. The van der Waals surface area contributed by atoms with Gasteiger partial charge in [0.25, 0.3) is 0 Å². The summed E-state index contributed by atoms with van der Waals surface area (Å²) in [7, 11) is 0. The summed E-state index contributed by atoms with van der Waals surface area (Å²) in [5.41, 5.74) is 0.552. The Morgan fingerprint density at radius 1 is 1.39 bits per heavy atom. The average Bonchev–Trinajstić information content (AvgIpc) is 2.81. The standard InChI is InChI=1S/C13H19ClN2O2/c1-13(2,3)16-11(14)9(8-6-4-5-7-8)10(15-16)12(17)18/h8H,4-7H2,1-3H3,(H,17,18). The molecule has 100 valence electrons. The highest BCUT2D eigenvalue weighted by molar-refractivity contribution is 6.31. The number of rotatable bonds is 2. The Kier molecular flexibility index (Phi) is 3.41. The number of hydrogen-bond acceptors (Lipinski definition) is 2. The van der Waals surface area contributed by atoms with Crippen molar-refractivity contribution in [3.8, 4) is 0 Å². The molecule has 1 saturated carbocycles. The van der Waals surface area contributed by atoms with E-state index in [0.29, 0.717) is 5.15 Å². The van der Waals surface area contributed by atoms with Crippen molar-refractivity contribution in [2.45, 2.75) is 57.9 Å². The topological polar surface area (TPSA) is 55.1 Å². The number of aromatic carboxylic acids is 1. The van der Waals surface area contributed by atoms with E-state index in [1.807, 2.05) is 20.8 Å². The Hall–Kier alpha value is -1.03. The molecule has 0 unspecified atom stereocenters. The minimum absolute atomic E-state index is 0.127. The number of carboxylic acids is 1. The van der Waals surface area contributed by atoms with Crippen molar-refractivity contribution in [2.75, 3.05) is 0 Å². The molecular formula is C13H19ClN2O2. The fourth-order valence-electron chi connectivity index (χ4n) is 2.59. The minimum atomic E-state index is -0.984. The van der Waals surface area contributed by atoms with Crippen molar-refractivity contribution in [1.29, 1.82) is 0 Å². The maximum Gasteiger partial charge on any atom is 0.356 e. The fourth-order valence-corrected chi connectivity index (χ4v) is 3.12. The minimum Gasteiger partial charge on any atom is -0.476 e. The molecule has 1 fully saturated rings. The molecule has 0 bridgehead atoms. The Balaban J connectivity index is 2.55. The monoisotopic (exact) mass is 270 g/mol. The summed E-state index contributed by atoms with van der Waals surface area (Å²) in [6, 6.07) is 0. The van der Waals surface area contributed by atoms with Gasteiger partial charge in [0.05, 0.1) is 5.54 Å². The van der Waals surface area contributed by atoms with Crippen LogP contribution >= 0.6 is 11.6 Å². The van der Waals surface area contributed by atoms with E-state index in [1.165, 1.54) is 0 Å². The molecule has 1 aliphatic rings. The van der Waals surface area contributed by atoms with Gasteiger partial charge in [-0.25, -0.2) is 9.48 Å². The quantitative estimate of drug-likeness (QED) is 0.892. The van der Waals surface area contributed by atoms with E-state index >= 15 is 0 Å². The molecule has 1 aromatic heterocycles. The van der Waals surface area contributed by atoms with Crippen molar-refractivity contribution in [3.63, 3.8) is 0 Å². The van der Waals surface area contributed by atoms with E-state index in [1.54, 1.807) is 4.68 Å². The normalized spacial score (nSPS) is 17.3. The van der Waals surface area contributed by atoms with Crippen LogP contribution in [0.15, 0.2) is 0 Å². The second-order valence-electron chi connectivity index (χ2n) is 5.92. The van der Waals surface area contributed by atoms with Crippen LogP contribution in [0.25, 0.3) is 0 Å². The van der Waals surface area contributed by atoms with Crippen molar-refractivity contribution < 1.29 is 9.90 Å². The van der Waals surface area contributed by atoms with Crippen LogP contribution in [0.1, 0.15) is 68.4 Å². The molecule has 5 heteroatoms. The Bertz CT molecular complexity index is 468. The van der Waals surface area contributed by atoms with E-state index in [4.69, 9.17) is 11.6 Å². The highest BCUT2D eigenvalue weighted by Gasteiger charge is 2.32. The summed E-state index contributed by atoms with van der Waals surface area (Å²) < 4.78 is 1.63. The van der Waals surface area contributed by atoms with Gasteiger partial charge in [-0.15, -0.1) is 0 Å². The van der Waals surface area contributed by atoms with E-state index in [-0.39, 0.29) is 17.2 Å². The zero-order valence-electron chi connectivity index (χ0n) is 11.0. The maximum atomic E-state index is 11.3. The predicted octanol–water partition coefficient (Wildman–Crippen LogP) is 3.65. The van der Waals surface area contributed by atoms with Crippen LogP contribution in [0.4, 0.5) is 0 Å². The SMILES string of the molecule is CC(C)(C)n1nc(C(=O)O)c(C2CCCC2)c1Cl. The van der Waals surface area contributed by atoms with Gasteiger partial charge in [0.1, 0.15) is 5.15 Å². The highest BCUT2D eigenvalue weighted by Crippen LogP contribution is 2.40. The van der Waals surface area contributed by atoms with Crippen LogP contribution < -0.4 is 0 Å². The third-order valence-corrected chi connectivity index (χ3v) is 3.83. The van der Waals surface area contributed by atoms with Gasteiger partial charge in [-0.2, -0.15) is 5.10 Å². The number of carbonyl (C=O) groups is 1. The molecule has 4 nitrogen and oxygen atoms in total. The molecule has 1 aromatic rings. The molecule has 1 heterocycles. The summed E-state index contributed by atoms with van der Waals surface area (Å²) in [6.07, 6.45) is 4.30. The van der Waals surface area contributed by atoms with Crippen LogP contribution in [-0.4, -0.2) is 20.9 Å². The van der Waals surface area contributed by atoms with Gasteiger partial charge >= 0.3 is 5.97 Å². The Labute approximate surface area is 112 Å². The van der Waals surface area contributed by atoms with Gasteiger partial charge in [0.2, 0.25) is 0 Å². The molecule has 0 radical (unpaired) electrons. The first-order chi connectivity index (χ1) is 8.32. The van der Waals surface area contributed by atoms with Crippen LogP contribution in [0.5, 0.6) is 0 Å². The second kappa shape index (κ2) is 4.57. The van der Waals surface area contributed by atoms with Crippen LogP contribution in [-0.2, 0) is 5.54 Å². The molecular weight excluding hydrogens is 252 g/mol.